The van der Waals surface area contributed by atoms with Crippen LogP contribution in [0.2, 0.25) is 10.0 Å². The molecule has 0 saturated carbocycles. The average molecular weight is 424 g/mol. The molecule has 1 unspecified atom stereocenters. The van der Waals surface area contributed by atoms with Crippen molar-refractivity contribution in [3.05, 3.63) is 105 Å². The van der Waals surface area contributed by atoms with Crippen molar-refractivity contribution in [1.82, 2.24) is 0 Å². The van der Waals surface area contributed by atoms with E-state index in [1.54, 1.807) is 0 Å². The number of aliphatic hydroxyl groups excluding tert-OH is 1. The summed E-state index contributed by atoms with van der Waals surface area (Å²) in [6.07, 6.45) is 1.91. The van der Waals surface area contributed by atoms with Gasteiger partial charge < -0.3 is 5.11 Å². The molecular formula is C25H23Cl2NO. The molecule has 0 bridgehead atoms. The molecule has 0 heterocycles. The van der Waals surface area contributed by atoms with E-state index in [0.29, 0.717) is 16.0 Å². The summed E-state index contributed by atoms with van der Waals surface area (Å²) in [5, 5.41) is 10.4. The Labute approximate surface area is 181 Å². The minimum atomic E-state index is 0.0622. The number of rotatable bonds is 4. The normalized spacial score (nSPS) is 18.5. The highest BCUT2D eigenvalue weighted by atomic mass is 35.5. The lowest BCUT2D eigenvalue weighted by Crippen LogP contribution is -2.18. The maximum atomic E-state index is 9.25. The van der Waals surface area contributed by atoms with Gasteiger partial charge in [0, 0.05) is 11.6 Å². The zero-order valence-corrected chi connectivity index (χ0v) is 17.8. The van der Waals surface area contributed by atoms with Gasteiger partial charge >= 0.3 is 0 Å². The van der Waals surface area contributed by atoms with Crippen LogP contribution in [0.25, 0.3) is 0 Å². The summed E-state index contributed by atoms with van der Waals surface area (Å²) in [6.45, 7) is 2.18. The molecule has 3 aromatic carbocycles. The van der Waals surface area contributed by atoms with Crippen LogP contribution in [-0.2, 0) is 6.61 Å². The van der Waals surface area contributed by atoms with Crippen LogP contribution in [0.4, 0.5) is 0 Å². The monoisotopic (exact) mass is 423 g/mol. The van der Waals surface area contributed by atoms with Gasteiger partial charge in [-0.3, -0.25) is 4.99 Å². The van der Waals surface area contributed by atoms with Crippen molar-refractivity contribution in [1.29, 1.82) is 0 Å². The van der Waals surface area contributed by atoms with Crippen LogP contribution < -0.4 is 0 Å². The number of aliphatic imine (C=N–C) groups is 1. The molecule has 4 rings (SSSR count). The minimum absolute atomic E-state index is 0.0622. The molecule has 1 aliphatic carbocycles. The average Bonchev–Trinajstić information content (AvgIpc) is 2.76. The highest BCUT2D eigenvalue weighted by Gasteiger charge is 2.26. The maximum Gasteiger partial charge on any atom is 0.0724 e. The molecule has 1 N–H and O–H groups in total. The van der Waals surface area contributed by atoms with Gasteiger partial charge in [0.25, 0.3) is 0 Å². The standard InChI is InChI=1S/C25H23Cl2NO/c1-16(18-8-6-17(15-29)7-9-18)28-25-13-11-20(21-4-2-3-5-22(21)25)19-10-12-23(26)24(27)14-19/h2-10,12,14,16,20,29H,11,13,15H2,1H3/t16-,20?/m1/s1. The van der Waals surface area contributed by atoms with Gasteiger partial charge in [0.05, 0.1) is 22.7 Å². The summed E-state index contributed by atoms with van der Waals surface area (Å²) in [5.41, 5.74) is 6.92. The van der Waals surface area contributed by atoms with E-state index in [0.717, 1.165) is 29.7 Å². The number of hydrogen-bond acceptors (Lipinski definition) is 2. The van der Waals surface area contributed by atoms with Crippen molar-refractivity contribution in [2.24, 2.45) is 4.99 Å². The summed E-state index contributed by atoms with van der Waals surface area (Å²) in [4.78, 5) is 5.07. The van der Waals surface area contributed by atoms with Crippen molar-refractivity contribution < 1.29 is 5.11 Å². The molecule has 0 saturated heterocycles. The molecule has 2 atom stereocenters. The Balaban J connectivity index is 1.67. The molecule has 0 aliphatic heterocycles. The summed E-state index contributed by atoms with van der Waals surface area (Å²) >= 11 is 12.4. The van der Waals surface area contributed by atoms with Crippen LogP contribution in [0.5, 0.6) is 0 Å². The number of benzene rings is 3. The smallest absolute Gasteiger partial charge is 0.0724 e. The molecule has 29 heavy (non-hydrogen) atoms. The van der Waals surface area contributed by atoms with Crippen LogP contribution >= 0.6 is 23.2 Å². The molecule has 4 heteroatoms. The second-order valence-corrected chi connectivity index (χ2v) is 8.32. The quantitative estimate of drug-likeness (QED) is 0.482. The number of nitrogens with zero attached hydrogens (tertiary/aromatic N) is 1. The Hall–Kier alpha value is -2.13. The summed E-state index contributed by atoms with van der Waals surface area (Å²) < 4.78 is 0. The zero-order chi connectivity index (χ0) is 20.4. The van der Waals surface area contributed by atoms with E-state index in [9.17, 15) is 5.11 Å². The number of hydrogen-bond donors (Lipinski definition) is 1. The van der Waals surface area contributed by atoms with E-state index < -0.39 is 0 Å². The molecule has 0 aromatic heterocycles. The number of fused-ring (bicyclic) bond motifs is 1. The fourth-order valence-electron chi connectivity index (χ4n) is 4.05. The summed E-state index contributed by atoms with van der Waals surface area (Å²) in [6, 6.07) is 22.5. The molecule has 0 amide bonds. The first kappa shape index (κ1) is 20.2. The first-order chi connectivity index (χ1) is 14.1. The Morgan fingerprint density at radius 2 is 1.76 bits per heavy atom. The van der Waals surface area contributed by atoms with Crippen LogP contribution in [0.15, 0.2) is 71.7 Å². The van der Waals surface area contributed by atoms with Crippen molar-refractivity contribution in [3.8, 4) is 0 Å². The molecule has 3 aromatic rings. The predicted molar refractivity (Wildman–Crippen MR) is 121 cm³/mol. The minimum Gasteiger partial charge on any atom is -0.392 e. The Morgan fingerprint density at radius 1 is 1.00 bits per heavy atom. The van der Waals surface area contributed by atoms with E-state index in [1.807, 2.05) is 36.4 Å². The molecule has 1 aliphatic rings. The summed E-state index contributed by atoms with van der Waals surface area (Å²) in [7, 11) is 0. The largest absolute Gasteiger partial charge is 0.392 e. The van der Waals surface area contributed by atoms with E-state index in [2.05, 4.69) is 37.3 Å². The van der Waals surface area contributed by atoms with Crippen molar-refractivity contribution in [2.75, 3.05) is 0 Å². The van der Waals surface area contributed by atoms with Gasteiger partial charge in [-0.25, -0.2) is 0 Å². The van der Waals surface area contributed by atoms with Crippen LogP contribution in [0.3, 0.4) is 0 Å². The third kappa shape index (κ3) is 4.25. The lowest BCUT2D eigenvalue weighted by Gasteiger charge is -2.28. The fraction of sp³-hybridized carbons (Fsp3) is 0.240. The van der Waals surface area contributed by atoms with Crippen LogP contribution in [0, 0.1) is 0 Å². The number of halogens is 2. The van der Waals surface area contributed by atoms with E-state index in [-0.39, 0.29) is 12.6 Å². The molecule has 0 radical (unpaired) electrons. The van der Waals surface area contributed by atoms with Gasteiger partial charge in [-0.1, -0.05) is 77.8 Å². The Bertz CT molecular complexity index is 1040. The topological polar surface area (TPSA) is 32.6 Å². The van der Waals surface area contributed by atoms with Crippen molar-refractivity contribution in [2.45, 2.75) is 38.3 Å². The van der Waals surface area contributed by atoms with Gasteiger partial charge in [0.1, 0.15) is 0 Å². The predicted octanol–water partition coefficient (Wildman–Crippen LogP) is 6.96. The van der Waals surface area contributed by atoms with Gasteiger partial charge in [-0.15, -0.1) is 0 Å². The van der Waals surface area contributed by atoms with Gasteiger partial charge in [0.15, 0.2) is 0 Å². The molecule has 0 fully saturated rings. The molecule has 2 nitrogen and oxygen atoms in total. The van der Waals surface area contributed by atoms with Gasteiger partial charge in [-0.05, 0) is 59.7 Å². The van der Waals surface area contributed by atoms with Crippen LogP contribution in [0.1, 0.15) is 59.5 Å². The van der Waals surface area contributed by atoms with E-state index in [1.165, 1.54) is 16.7 Å². The first-order valence-corrected chi connectivity index (χ1v) is 10.6. The van der Waals surface area contributed by atoms with E-state index in [4.69, 9.17) is 28.2 Å². The maximum absolute atomic E-state index is 9.25. The number of aliphatic hydroxyl groups is 1. The lowest BCUT2D eigenvalue weighted by atomic mass is 9.78. The molecule has 148 valence electrons. The highest BCUT2D eigenvalue weighted by molar-refractivity contribution is 6.42. The summed E-state index contributed by atoms with van der Waals surface area (Å²) in [5.74, 6) is 0.291. The zero-order valence-electron chi connectivity index (χ0n) is 16.3. The van der Waals surface area contributed by atoms with Gasteiger partial charge in [-0.2, -0.15) is 0 Å². The molecule has 0 spiro atoms. The second kappa shape index (κ2) is 8.71. The first-order valence-electron chi connectivity index (χ1n) is 9.87. The third-order valence-corrected chi connectivity index (χ3v) is 6.40. The lowest BCUT2D eigenvalue weighted by molar-refractivity contribution is 0.282. The van der Waals surface area contributed by atoms with Gasteiger partial charge in [0.2, 0.25) is 0 Å². The van der Waals surface area contributed by atoms with Crippen molar-refractivity contribution in [3.63, 3.8) is 0 Å². The highest BCUT2D eigenvalue weighted by Crippen LogP contribution is 2.39. The Kier molecular flexibility index (Phi) is 6.05. The SMILES string of the molecule is C[C@@H](N=C1CCC(c2ccc(Cl)c(Cl)c2)c2ccccc21)c1ccc(CO)cc1. The third-order valence-electron chi connectivity index (χ3n) is 5.66. The molecular weight excluding hydrogens is 401 g/mol. The van der Waals surface area contributed by atoms with E-state index >= 15 is 0 Å². The van der Waals surface area contributed by atoms with Crippen molar-refractivity contribution >= 4 is 28.9 Å². The second-order valence-electron chi connectivity index (χ2n) is 7.50. The van der Waals surface area contributed by atoms with Crippen LogP contribution in [-0.4, -0.2) is 10.8 Å². The Morgan fingerprint density at radius 3 is 2.48 bits per heavy atom. The fourth-order valence-corrected chi connectivity index (χ4v) is 4.36.